The number of hydrogen-bond acceptors (Lipinski definition) is 6. The van der Waals surface area contributed by atoms with Crippen LogP contribution < -0.4 is 0 Å². The highest BCUT2D eigenvalue weighted by atomic mass is 16.6. The van der Waals surface area contributed by atoms with E-state index in [2.05, 4.69) is 74.6 Å². The third-order valence-electron chi connectivity index (χ3n) is 10.9. The number of quaternary nitrogens is 1. The summed E-state index contributed by atoms with van der Waals surface area (Å²) in [5, 5.41) is 9.64. The Kier molecular flexibility index (Phi) is 41.5. The minimum Gasteiger partial charge on any atom is -0.477 e. The van der Waals surface area contributed by atoms with E-state index in [1.165, 1.54) is 109 Å². The van der Waals surface area contributed by atoms with E-state index in [-0.39, 0.29) is 42.7 Å². The molecule has 0 saturated heterocycles. The number of nitrogens with zero attached hydrogens (tertiary/aromatic N) is 1. The molecule has 352 valence electrons. The number of rotatable bonds is 44. The first-order valence-electron chi connectivity index (χ1n) is 24.8. The van der Waals surface area contributed by atoms with Crippen LogP contribution in [0, 0.1) is 0 Å². The number of carboxylic acids is 1. The molecular formula is C53H94NO7+. The van der Waals surface area contributed by atoms with Gasteiger partial charge in [0.2, 0.25) is 0 Å². The van der Waals surface area contributed by atoms with Gasteiger partial charge in [0.05, 0.1) is 34.4 Å². The van der Waals surface area contributed by atoms with Crippen LogP contribution in [0.4, 0.5) is 0 Å². The lowest BCUT2D eigenvalue weighted by molar-refractivity contribution is -0.887. The second-order valence-electron chi connectivity index (χ2n) is 17.7. The van der Waals surface area contributed by atoms with Crippen molar-refractivity contribution in [1.29, 1.82) is 0 Å². The fourth-order valence-corrected chi connectivity index (χ4v) is 7.13. The second-order valence-corrected chi connectivity index (χ2v) is 17.7. The Hall–Kier alpha value is -2.97. The summed E-state index contributed by atoms with van der Waals surface area (Å²) in [7, 11) is 5.51. The van der Waals surface area contributed by atoms with Crippen molar-refractivity contribution in [3.05, 3.63) is 60.8 Å². The number of esters is 2. The summed E-state index contributed by atoms with van der Waals surface area (Å²) in [6, 6.07) is -0.626. The van der Waals surface area contributed by atoms with Crippen LogP contribution in [-0.4, -0.2) is 80.6 Å². The molecule has 8 heteroatoms. The zero-order valence-electron chi connectivity index (χ0n) is 40.1. The normalized spacial score (nSPS) is 13.4. The van der Waals surface area contributed by atoms with Crippen LogP contribution in [0.15, 0.2) is 60.8 Å². The van der Waals surface area contributed by atoms with Crippen LogP contribution in [0.2, 0.25) is 0 Å². The van der Waals surface area contributed by atoms with Gasteiger partial charge in [0.1, 0.15) is 6.61 Å². The van der Waals surface area contributed by atoms with Crippen LogP contribution >= 0.6 is 0 Å². The van der Waals surface area contributed by atoms with Gasteiger partial charge in [-0.25, -0.2) is 4.79 Å². The largest absolute Gasteiger partial charge is 0.477 e. The molecule has 1 N–H and O–H groups in total. The van der Waals surface area contributed by atoms with Gasteiger partial charge >= 0.3 is 17.9 Å². The maximum Gasteiger partial charge on any atom is 0.362 e. The molecule has 0 heterocycles. The molecule has 0 aliphatic rings. The van der Waals surface area contributed by atoms with Crippen molar-refractivity contribution in [3.8, 4) is 0 Å². The number of hydrogen-bond donors (Lipinski definition) is 1. The smallest absolute Gasteiger partial charge is 0.362 e. The van der Waals surface area contributed by atoms with E-state index in [4.69, 9.17) is 14.2 Å². The van der Waals surface area contributed by atoms with E-state index in [9.17, 15) is 19.5 Å². The van der Waals surface area contributed by atoms with Gasteiger partial charge in [-0.3, -0.25) is 9.59 Å². The van der Waals surface area contributed by atoms with Gasteiger partial charge in [0, 0.05) is 19.3 Å². The van der Waals surface area contributed by atoms with Crippen molar-refractivity contribution in [2.45, 2.75) is 219 Å². The summed E-state index contributed by atoms with van der Waals surface area (Å²) >= 11 is 0. The molecule has 0 fully saturated rings. The van der Waals surface area contributed by atoms with Crippen LogP contribution in [0.25, 0.3) is 0 Å². The van der Waals surface area contributed by atoms with E-state index in [0.717, 1.165) is 57.8 Å². The quantitative estimate of drug-likeness (QED) is 0.0282. The zero-order chi connectivity index (χ0) is 44.9. The van der Waals surface area contributed by atoms with Crippen molar-refractivity contribution >= 4 is 17.9 Å². The van der Waals surface area contributed by atoms with Crippen molar-refractivity contribution in [1.82, 2.24) is 0 Å². The minimum absolute atomic E-state index is 0.0383. The molecule has 0 spiro atoms. The standard InChI is InChI=1S/C53H93NO7/c1-6-8-10-12-14-16-18-20-22-24-25-26-28-29-31-33-35-37-39-41-43-51(55)60-48-49(47-59-46-45-50(53(57)58)54(3,4)5)61-52(56)44-42-40-38-36-34-32-30-27-23-21-19-17-15-13-11-9-7-2/h9,11,15,17,21,23,30,32,36,38,49-50H,6-8,10,12-14,16,18-20,22,24-29,31,33-35,37,39-48H2,1-5H3/p+1/b11-9+,17-15+,23-21+,32-30+,38-36+. The lowest BCUT2D eigenvalue weighted by Crippen LogP contribution is -2.50. The molecular weight excluding hydrogens is 763 g/mol. The predicted octanol–water partition coefficient (Wildman–Crippen LogP) is 14.1. The maximum atomic E-state index is 12.7. The summed E-state index contributed by atoms with van der Waals surface area (Å²) < 4.78 is 17.3. The fourth-order valence-electron chi connectivity index (χ4n) is 7.13. The molecule has 0 aromatic heterocycles. The first kappa shape index (κ1) is 58.0. The van der Waals surface area contributed by atoms with Gasteiger partial charge in [0.25, 0.3) is 0 Å². The molecule has 0 aliphatic carbocycles. The Morgan fingerprint density at radius 3 is 1.34 bits per heavy atom. The van der Waals surface area contributed by atoms with Crippen LogP contribution in [0.1, 0.15) is 206 Å². The molecule has 0 aromatic rings. The highest BCUT2D eigenvalue weighted by Gasteiger charge is 2.31. The Labute approximate surface area is 375 Å². The summed E-state index contributed by atoms with van der Waals surface area (Å²) in [6.45, 7) is 4.58. The second kappa shape index (κ2) is 43.7. The number of ether oxygens (including phenoxy) is 3. The fraction of sp³-hybridized carbons (Fsp3) is 0.755. The molecule has 0 aliphatic heterocycles. The summed E-state index contributed by atoms with van der Waals surface area (Å²) in [5.74, 6) is -1.54. The molecule has 2 unspecified atom stereocenters. The van der Waals surface area contributed by atoms with E-state index in [0.29, 0.717) is 19.3 Å². The lowest BCUT2D eigenvalue weighted by Gasteiger charge is -2.31. The average molecular weight is 857 g/mol. The van der Waals surface area contributed by atoms with Crippen molar-refractivity contribution in [3.63, 3.8) is 0 Å². The number of carbonyl (C=O) groups is 3. The number of carboxylic acid groups (broad SMARTS) is 1. The number of allylic oxidation sites excluding steroid dienone is 10. The highest BCUT2D eigenvalue weighted by Crippen LogP contribution is 2.16. The number of aliphatic carboxylic acids is 1. The monoisotopic (exact) mass is 857 g/mol. The third kappa shape index (κ3) is 42.1. The maximum absolute atomic E-state index is 12.7. The number of unbranched alkanes of at least 4 members (excludes halogenated alkanes) is 20. The summed E-state index contributed by atoms with van der Waals surface area (Å²) in [5.41, 5.74) is 0. The highest BCUT2D eigenvalue weighted by molar-refractivity contribution is 5.72. The Morgan fingerprint density at radius 2 is 0.918 bits per heavy atom. The topological polar surface area (TPSA) is 99.1 Å². The average Bonchev–Trinajstić information content (AvgIpc) is 3.22. The van der Waals surface area contributed by atoms with E-state index in [1.54, 1.807) is 0 Å². The van der Waals surface area contributed by atoms with Gasteiger partial charge in [-0.2, -0.15) is 0 Å². The molecule has 0 rings (SSSR count). The van der Waals surface area contributed by atoms with E-state index in [1.807, 2.05) is 21.1 Å². The Balaban J connectivity index is 4.32. The van der Waals surface area contributed by atoms with Gasteiger partial charge in [-0.15, -0.1) is 0 Å². The molecule has 61 heavy (non-hydrogen) atoms. The van der Waals surface area contributed by atoms with Crippen molar-refractivity contribution in [2.75, 3.05) is 41.0 Å². The predicted molar refractivity (Wildman–Crippen MR) is 257 cm³/mol. The zero-order valence-corrected chi connectivity index (χ0v) is 40.1. The number of likely N-dealkylation sites (N-methyl/N-ethyl adjacent to an activating group) is 1. The Morgan fingerprint density at radius 1 is 0.508 bits per heavy atom. The van der Waals surface area contributed by atoms with Crippen LogP contribution in [0.5, 0.6) is 0 Å². The van der Waals surface area contributed by atoms with Crippen LogP contribution in [0.3, 0.4) is 0 Å². The first-order chi connectivity index (χ1) is 29.6. The molecule has 8 nitrogen and oxygen atoms in total. The molecule has 0 bridgehead atoms. The summed E-state index contributed by atoms with van der Waals surface area (Å²) in [4.78, 5) is 37.1. The van der Waals surface area contributed by atoms with Gasteiger partial charge in [-0.05, 0) is 51.4 Å². The minimum atomic E-state index is -0.884. The van der Waals surface area contributed by atoms with E-state index >= 15 is 0 Å². The number of carbonyl (C=O) groups excluding carboxylic acids is 2. The van der Waals surface area contributed by atoms with E-state index < -0.39 is 18.1 Å². The SMILES string of the molecule is CC/C=C/C/C=C/C/C=C/C/C=C/C/C=C/CCCC(=O)OC(COCCC(C(=O)O)[N+](C)(C)C)COC(=O)CCCCCCCCCCCCCCCCCCCCCC. The van der Waals surface area contributed by atoms with Crippen LogP contribution in [-0.2, 0) is 28.6 Å². The van der Waals surface area contributed by atoms with Crippen molar-refractivity contribution in [2.24, 2.45) is 0 Å². The first-order valence-corrected chi connectivity index (χ1v) is 24.8. The molecule has 0 saturated carbocycles. The summed E-state index contributed by atoms with van der Waals surface area (Å²) in [6.07, 6.45) is 54.2. The molecule has 2 atom stereocenters. The molecule has 0 amide bonds. The van der Waals surface area contributed by atoms with Gasteiger partial charge < -0.3 is 23.8 Å². The molecule has 0 aromatic carbocycles. The Bertz CT molecular complexity index is 1180. The molecule has 0 radical (unpaired) electrons. The van der Waals surface area contributed by atoms with Gasteiger partial charge in [-0.1, -0.05) is 197 Å². The lowest BCUT2D eigenvalue weighted by atomic mass is 10.0. The van der Waals surface area contributed by atoms with Gasteiger partial charge in [0.15, 0.2) is 12.1 Å². The van der Waals surface area contributed by atoms with Crippen molar-refractivity contribution < 1.29 is 38.2 Å². The third-order valence-corrected chi connectivity index (χ3v) is 10.9.